The Kier molecular flexibility index (Phi) is 2.25. The molecule has 2 rings (SSSR count). The lowest BCUT2D eigenvalue weighted by atomic mass is 10.0. The van der Waals surface area contributed by atoms with E-state index in [0.29, 0.717) is 10.9 Å². The Morgan fingerprint density at radius 2 is 2.00 bits per heavy atom. The number of benzene rings is 1. The van der Waals surface area contributed by atoms with Crippen LogP contribution in [0.15, 0.2) is 12.1 Å². The molecule has 80 valence electrons. The number of hydrogen-bond donors (Lipinski definition) is 0. The summed E-state index contributed by atoms with van der Waals surface area (Å²) in [6.07, 6.45) is 0. The third kappa shape index (κ3) is 1.42. The van der Waals surface area contributed by atoms with Crippen LogP contribution in [-0.4, -0.2) is 9.78 Å². The minimum absolute atomic E-state index is 0.135. The van der Waals surface area contributed by atoms with Crippen molar-refractivity contribution in [3.05, 3.63) is 29.2 Å². The first kappa shape index (κ1) is 10.1. The maximum absolute atomic E-state index is 14.0. The van der Waals surface area contributed by atoms with E-state index in [2.05, 4.69) is 18.9 Å². The fourth-order valence-corrected chi connectivity index (χ4v) is 2.04. The lowest BCUT2D eigenvalue weighted by Gasteiger charge is -2.06. The largest absolute Gasteiger partial charge is 0.271 e. The molecule has 2 nitrogen and oxygen atoms in total. The Morgan fingerprint density at radius 3 is 2.60 bits per heavy atom. The highest BCUT2D eigenvalue weighted by molar-refractivity contribution is 5.83. The zero-order chi connectivity index (χ0) is 11.2. The number of nitrogens with zero attached hydrogens (tertiary/aromatic N) is 2. The first-order valence-electron chi connectivity index (χ1n) is 5.14. The van der Waals surface area contributed by atoms with E-state index in [9.17, 15) is 4.39 Å². The number of rotatable bonds is 1. The summed E-state index contributed by atoms with van der Waals surface area (Å²) in [5.41, 5.74) is 2.38. The summed E-state index contributed by atoms with van der Waals surface area (Å²) in [7, 11) is 1.87. The van der Waals surface area contributed by atoms with Gasteiger partial charge in [-0.15, -0.1) is 0 Å². The summed E-state index contributed by atoms with van der Waals surface area (Å²) in [6, 6.07) is 3.65. The van der Waals surface area contributed by atoms with Gasteiger partial charge in [-0.25, -0.2) is 4.39 Å². The third-order valence-electron chi connectivity index (χ3n) is 2.72. The monoisotopic (exact) mass is 206 g/mol. The fourth-order valence-electron chi connectivity index (χ4n) is 2.04. The van der Waals surface area contributed by atoms with E-state index >= 15 is 0 Å². The molecule has 0 N–H and O–H groups in total. The maximum atomic E-state index is 14.0. The highest BCUT2D eigenvalue weighted by Gasteiger charge is 2.16. The molecule has 0 unspecified atom stereocenters. The number of hydrogen-bond acceptors (Lipinski definition) is 1. The van der Waals surface area contributed by atoms with Crippen LogP contribution in [-0.2, 0) is 7.05 Å². The molecule has 2 aromatic rings. The lowest BCUT2D eigenvalue weighted by molar-refractivity contribution is 0.624. The number of fused-ring (bicyclic) bond motifs is 1. The van der Waals surface area contributed by atoms with Crippen LogP contribution < -0.4 is 0 Å². The highest BCUT2D eigenvalue weighted by atomic mass is 19.1. The predicted octanol–water partition coefficient (Wildman–Crippen LogP) is 3.14. The molecule has 0 amide bonds. The van der Waals surface area contributed by atoms with Gasteiger partial charge in [-0.3, -0.25) is 4.68 Å². The standard InChI is InChI=1S/C12H15FN2/c1-7(2)12-10-9(14-15(12)4)6-5-8(3)11(10)13/h5-7H,1-4H3. The van der Waals surface area contributed by atoms with Crippen molar-refractivity contribution in [2.45, 2.75) is 26.7 Å². The first-order chi connectivity index (χ1) is 7.02. The Balaban J connectivity index is 2.90. The van der Waals surface area contributed by atoms with Crippen LogP contribution in [0.3, 0.4) is 0 Å². The van der Waals surface area contributed by atoms with Crippen molar-refractivity contribution in [1.29, 1.82) is 0 Å². The number of aromatic nitrogens is 2. The fraction of sp³-hybridized carbons (Fsp3) is 0.417. The molecule has 0 fully saturated rings. The topological polar surface area (TPSA) is 17.8 Å². The van der Waals surface area contributed by atoms with E-state index in [1.807, 2.05) is 13.1 Å². The van der Waals surface area contributed by atoms with Gasteiger partial charge in [0, 0.05) is 7.05 Å². The van der Waals surface area contributed by atoms with Gasteiger partial charge in [0.25, 0.3) is 0 Å². The van der Waals surface area contributed by atoms with Crippen molar-refractivity contribution in [2.24, 2.45) is 7.05 Å². The van der Waals surface area contributed by atoms with E-state index in [1.165, 1.54) is 0 Å². The molecule has 0 aliphatic carbocycles. The zero-order valence-electron chi connectivity index (χ0n) is 9.50. The van der Waals surface area contributed by atoms with Gasteiger partial charge in [-0.1, -0.05) is 19.9 Å². The van der Waals surface area contributed by atoms with Crippen LogP contribution in [0.5, 0.6) is 0 Å². The minimum atomic E-state index is -0.135. The molecule has 1 heterocycles. The van der Waals surface area contributed by atoms with Crippen molar-refractivity contribution in [3.63, 3.8) is 0 Å². The minimum Gasteiger partial charge on any atom is -0.271 e. The lowest BCUT2D eigenvalue weighted by Crippen LogP contribution is -2.00. The van der Waals surface area contributed by atoms with Crippen LogP contribution >= 0.6 is 0 Å². The second-order valence-corrected chi connectivity index (χ2v) is 4.25. The van der Waals surface area contributed by atoms with Gasteiger partial charge in [0.15, 0.2) is 0 Å². The van der Waals surface area contributed by atoms with Gasteiger partial charge in [-0.2, -0.15) is 5.10 Å². The SMILES string of the molecule is Cc1ccc2nn(C)c(C(C)C)c2c1F. The van der Waals surface area contributed by atoms with Gasteiger partial charge in [-0.05, 0) is 24.5 Å². The van der Waals surface area contributed by atoms with Gasteiger partial charge in [0.2, 0.25) is 0 Å². The van der Waals surface area contributed by atoms with Crippen molar-refractivity contribution in [3.8, 4) is 0 Å². The van der Waals surface area contributed by atoms with E-state index in [4.69, 9.17) is 0 Å². The summed E-state index contributed by atoms with van der Waals surface area (Å²) >= 11 is 0. The van der Waals surface area contributed by atoms with Crippen molar-refractivity contribution in [2.75, 3.05) is 0 Å². The van der Waals surface area contributed by atoms with Gasteiger partial charge >= 0.3 is 0 Å². The molecule has 1 aromatic heterocycles. The average molecular weight is 206 g/mol. The van der Waals surface area contributed by atoms with Crippen molar-refractivity contribution in [1.82, 2.24) is 9.78 Å². The van der Waals surface area contributed by atoms with Crippen LogP contribution in [0.2, 0.25) is 0 Å². The smallest absolute Gasteiger partial charge is 0.137 e. The average Bonchev–Trinajstić information content (AvgIpc) is 2.49. The Morgan fingerprint density at radius 1 is 1.33 bits per heavy atom. The van der Waals surface area contributed by atoms with Crippen molar-refractivity contribution < 1.29 is 4.39 Å². The molecule has 0 aliphatic heterocycles. The van der Waals surface area contributed by atoms with Gasteiger partial charge in [0.1, 0.15) is 5.82 Å². The van der Waals surface area contributed by atoms with E-state index in [1.54, 1.807) is 17.7 Å². The molecule has 0 bridgehead atoms. The summed E-state index contributed by atoms with van der Waals surface area (Å²) in [5, 5.41) is 4.99. The van der Waals surface area contributed by atoms with Crippen LogP contribution in [0, 0.1) is 12.7 Å². The molecule has 3 heteroatoms. The Bertz CT molecular complexity index is 512. The molecular weight excluding hydrogens is 191 g/mol. The van der Waals surface area contributed by atoms with E-state index in [0.717, 1.165) is 11.2 Å². The normalized spacial score (nSPS) is 11.6. The quantitative estimate of drug-likeness (QED) is 0.700. The highest BCUT2D eigenvalue weighted by Crippen LogP contribution is 2.28. The first-order valence-corrected chi connectivity index (χ1v) is 5.14. The van der Waals surface area contributed by atoms with Crippen molar-refractivity contribution >= 4 is 10.9 Å². The second kappa shape index (κ2) is 3.33. The van der Waals surface area contributed by atoms with Gasteiger partial charge < -0.3 is 0 Å². The van der Waals surface area contributed by atoms with Crippen LogP contribution in [0.1, 0.15) is 31.0 Å². The summed E-state index contributed by atoms with van der Waals surface area (Å²) in [6.45, 7) is 5.89. The molecule has 0 saturated heterocycles. The molecule has 15 heavy (non-hydrogen) atoms. The van der Waals surface area contributed by atoms with E-state index in [-0.39, 0.29) is 11.7 Å². The second-order valence-electron chi connectivity index (χ2n) is 4.25. The summed E-state index contributed by atoms with van der Waals surface area (Å²) < 4.78 is 15.8. The van der Waals surface area contributed by atoms with Gasteiger partial charge in [0.05, 0.1) is 16.6 Å². The molecular formula is C12H15FN2. The number of aryl methyl sites for hydroxylation is 2. The number of halogens is 1. The Hall–Kier alpha value is -1.38. The third-order valence-corrected chi connectivity index (χ3v) is 2.72. The molecule has 0 aliphatic rings. The summed E-state index contributed by atoms with van der Waals surface area (Å²) in [5.74, 6) is 0.139. The zero-order valence-corrected chi connectivity index (χ0v) is 9.50. The molecule has 0 spiro atoms. The molecule has 0 saturated carbocycles. The summed E-state index contributed by atoms with van der Waals surface area (Å²) in [4.78, 5) is 0. The Labute approximate surface area is 88.7 Å². The van der Waals surface area contributed by atoms with Crippen LogP contribution in [0.25, 0.3) is 10.9 Å². The molecule has 0 atom stereocenters. The van der Waals surface area contributed by atoms with E-state index < -0.39 is 0 Å². The molecule has 1 aromatic carbocycles. The molecule has 0 radical (unpaired) electrons. The van der Waals surface area contributed by atoms with Crippen LogP contribution in [0.4, 0.5) is 4.39 Å². The maximum Gasteiger partial charge on any atom is 0.137 e. The predicted molar refractivity (Wildman–Crippen MR) is 59.5 cm³/mol.